The number of carbonyl (C=O) groups excluding carboxylic acids is 2. The van der Waals surface area contributed by atoms with E-state index in [0.29, 0.717) is 24.5 Å². The van der Waals surface area contributed by atoms with E-state index in [4.69, 9.17) is 4.74 Å². The first-order valence-electron chi connectivity index (χ1n) is 6.99. The van der Waals surface area contributed by atoms with E-state index < -0.39 is 0 Å². The molecule has 0 bridgehead atoms. The lowest BCUT2D eigenvalue weighted by Crippen LogP contribution is -2.30. The van der Waals surface area contributed by atoms with Gasteiger partial charge in [-0.15, -0.1) is 0 Å². The van der Waals surface area contributed by atoms with Gasteiger partial charge in [0.05, 0.1) is 5.69 Å². The molecule has 4 nitrogen and oxygen atoms in total. The average Bonchev–Trinajstić information content (AvgIpc) is 2.76. The normalized spacial score (nSPS) is 13.6. The number of benzene rings is 1. The van der Waals surface area contributed by atoms with Crippen LogP contribution >= 0.6 is 0 Å². The minimum absolute atomic E-state index is 0.343. The Labute approximate surface area is 130 Å². The molecule has 114 valence electrons. The van der Waals surface area contributed by atoms with Crippen LogP contribution in [0.3, 0.4) is 0 Å². The number of ether oxygens (including phenoxy) is 1. The van der Waals surface area contributed by atoms with E-state index in [-0.39, 0.29) is 11.8 Å². The Kier molecular flexibility index (Phi) is 4.61. The third-order valence-electron chi connectivity index (χ3n) is 3.11. The van der Waals surface area contributed by atoms with Gasteiger partial charge in [0.2, 0.25) is 0 Å². The number of amides is 2. The maximum atomic E-state index is 11.9. The Morgan fingerprint density at radius 1 is 1.09 bits per heavy atom. The van der Waals surface area contributed by atoms with Crippen molar-refractivity contribution in [3.8, 4) is 5.75 Å². The van der Waals surface area contributed by atoms with Gasteiger partial charge in [0.1, 0.15) is 12.4 Å². The Hall–Kier alpha value is -2.62. The molecule has 0 radical (unpaired) electrons. The topological polar surface area (TPSA) is 46.6 Å². The van der Waals surface area contributed by atoms with Crippen molar-refractivity contribution in [3.63, 3.8) is 0 Å². The van der Waals surface area contributed by atoms with Gasteiger partial charge in [-0.1, -0.05) is 24.8 Å². The predicted octanol–water partition coefficient (Wildman–Crippen LogP) is 3.19. The van der Waals surface area contributed by atoms with Gasteiger partial charge < -0.3 is 4.74 Å². The van der Waals surface area contributed by atoms with Gasteiger partial charge in [-0.25, -0.2) is 4.90 Å². The molecule has 0 saturated heterocycles. The molecule has 22 heavy (non-hydrogen) atoms. The van der Waals surface area contributed by atoms with Crippen LogP contribution in [-0.4, -0.2) is 18.4 Å². The number of hydrogen-bond donors (Lipinski definition) is 0. The zero-order valence-corrected chi connectivity index (χ0v) is 12.9. The van der Waals surface area contributed by atoms with Crippen molar-refractivity contribution >= 4 is 17.5 Å². The highest BCUT2D eigenvalue weighted by Crippen LogP contribution is 2.33. The average molecular weight is 297 g/mol. The maximum absolute atomic E-state index is 11.9. The van der Waals surface area contributed by atoms with Crippen LogP contribution in [0.15, 0.2) is 54.7 Å². The number of rotatable bonds is 6. The summed E-state index contributed by atoms with van der Waals surface area (Å²) in [5.41, 5.74) is 3.13. The molecular formula is C18H19NO3. The number of nitrogens with zero attached hydrogens (tertiary/aromatic N) is 1. The fourth-order valence-electron chi connectivity index (χ4n) is 2.22. The summed E-state index contributed by atoms with van der Waals surface area (Å²) < 4.78 is 5.76. The van der Waals surface area contributed by atoms with E-state index in [1.807, 2.05) is 19.9 Å². The third-order valence-corrected chi connectivity index (χ3v) is 3.11. The highest BCUT2D eigenvalue weighted by Gasteiger charge is 2.28. The number of carbonyl (C=O) groups is 2. The van der Waals surface area contributed by atoms with Crippen molar-refractivity contribution in [2.45, 2.75) is 20.3 Å². The Morgan fingerprint density at radius 2 is 1.73 bits per heavy atom. The van der Waals surface area contributed by atoms with E-state index in [1.165, 1.54) is 12.2 Å². The fourth-order valence-corrected chi connectivity index (χ4v) is 2.22. The van der Waals surface area contributed by atoms with Crippen LogP contribution in [0.1, 0.15) is 19.4 Å². The van der Waals surface area contributed by atoms with E-state index in [9.17, 15) is 9.59 Å². The van der Waals surface area contributed by atoms with E-state index in [2.05, 4.69) is 13.2 Å². The Balaban J connectivity index is 2.46. The van der Waals surface area contributed by atoms with Crippen LogP contribution in [0.4, 0.5) is 5.69 Å². The van der Waals surface area contributed by atoms with Crippen LogP contribution in [0.5, 0.6) is 5.75 Å². The molecular weight excluding hydrogens is 278 g/mol. The molecule has 4 heteroatoms. The minimum atomic E-state index is -0.343. The zero-order valence-electron chi connectivity index (χ0n) is 12.9. The first-order chi connectivity index (χ1) is 10.4. The summed E-state index contributed by atoms with van der Waals surface area (Å²) in [4.78, 5) is 25.0. The van der Waals surface area contributed by atoms with Crippen molar-refractivity contribution < 1.29 is 14.3 Å². The van der Waals surface area contributed by atoms with E-state index >= 15 is 0 Å². The summed E-state index contributed by atoms with van der Waals surface area (Å²) >= 11 is 0. The summed E-state index contributed by atoms with van der Waals surface area (Å²) in [7, 11) is 0. The molecule has 1 aromatic rings. The van der Waals surface area contributed by atoms with Gasteiger partial charge in [-0.2, -0.15) is 0 Å². The predicted molar refractivity (Wildman–Crippen MR) is 86.9 cm³/mol. The monoisotopic (exact) mass is 297 g/mol. The van der Waals surface area contributed by atoms with Crippen LogP contribution in [-0.2, 0) is 16.0 Å². The molecule has 2 rings (SSSR count). The van der Waals surface area contributed by atoms with Crippen LogP contribution in [0, 0.1) is 0 Å². The highest BCUT2D eigenvalue weighted by molar-refractivity contribution is 6.28. The lowest BCUT2D eigenvalue weighted by molar-refractivity contribution is -0.119. The second-order valence-electron chi connectivity index (χ2n) is 5.48. The SMILES string of the molecule is C=C(C)COc1cccc(N2C(=O)C=CC2=O)c1CC(=C)C. The first-order valence-corrected chi connectivity index (χ1v) is 6.99. The van der Waals surface area contributed by atoms with Gasteiger partial charge in [0.15, 0.2) is 0 Å². The Bertz CT molecular complexity index is 668. The Morgan fingerprint density at radius 3 is 2.27 bits per heavy atom. The molecule has 0 spiro atoms. The summed E-state index contributed by atoms with van der Waals surface area (Å²) in [6.45, 7) is 11.9. The van der Waals surface area contributed by atoms with Crippen molar-refractivity contribution in [1.82, 2.24) is 0 Å². The summed E-state index contributed by atoms with van der Waals surface area (Å²) in [6, 6.07) is 5.34. The molecule has 1 heterocycles. The molecule has 0 unspecified atom stereocenters. The maximum Gasteiger partial charge on any atom is 0.258 e. The summed E-state index contributed by atoms with van der Waals surface area (Å²) in [5, 5.41) is 0. The van der Waals surface area contributed by atoms with E-state index in [0.717, 1.165) is 21.6 Å². The second kappa shape index (κ2) is 6.43. The molecule has 0 fully saturated rings. The summed E-state index contributed by atoms with van der Waals surface area (Å²) in [6.07, 6.45) is 3.07. The first kappa shape index (κ1) is 15.8. The van der Waals surface area contributed by atoms with Crippen molar-refractivity contribution in [3.05, 3.63) is 60.2 Å². The number of anilines is 1. The molecule has 0 aliphatic carbocycles. The minimum Gasteiger partial charge on any atom is -0.489 e. The zero-order chi connectivity index (χ0) is 16.3. The molecule has 1 aromatic carbocycles. The van der Waals surface area contributed by atoms with Gasteiger partial charge in [-0.05, 0) is 38.0 Å². The lowest BCUT2D eigenvalue weighted by atomic mass is 10.0. The van der Waals surface area contributed by atoms with E-state index in [1.54, 1.807) is 12.1 Å². The largest absolute Gasteiger partial charge is 0.489 e. The van der Waals surface area contributed by atoms with Gasteiger partial charge in [0, 0.05) is 17.7 Å². The van der Waals surface area contributed by atoms with Crippen molar-refractivity contribution in [2.75, 3.05) is 11.5 Å². The lowest BCUT2D eigenvalue weighted by Gasteiger charge is -2.21. The highest BCUT2D eigenvalue weighted by atomic mass is 16.5. The molecule has 0 aromatic heterocycles. The van der Waals surface area contributed by atoms with Gasteiger partial charge in [-0.3, -0.25) is 9.59 Å². The van der Waals surface area contributed by atoms with Crippen molar-refractivity contribution in [2.24, 2.45) is 0 Å². The molecule has 2 amide bonds. The smallest absolute Gasteiger partial charge is 0.258 e. The number of allylic oxidation sites excluding steroid dienone is 1. The summed E-state index contributed by atoms with van der Waals surface area (Å²) in [5.74, 6) is -0.0500. The molecule has 0 atom stereocenters. The van der Waals surface area contributed by atoms with Crippen LogP contribution in [0.2, 0.25) is 0 Å². The van der Waals surface area contributed by atoms with Crippen LogP contribution < -0.4 is 9.64 Å². The standard InChI is InChI=1S/C18H19NO3/c1-12(2)10-14-15(19-17(20)8-9-18(19)21)6-5-7-16(14)22-11-13(3)4/h5-9H,1,3,10-11H2,2,4H3. The third kappa shape index (κ3) is 3.34. The number of hydrogen-bond acceptors (Lipinski definition) is 3. The van der Waals surface area contributed by atoms with Crippen molar-refractivity contribution in [1.29, 1.82) is 0 Å². The molecule has 0 saturated carbocycles. The second-order valence-corrected chi connectivity index (χ2v) is 5.48. The molecule has 1 aliphatic rings. The van der Waals surface area contributed by atoms with Gasteiger partial charge >= 0.3 is 0 Å². The molecule has 0 N–H and O–H groups in total. The number of imide groups is 1. The van der Waals surface area contributed by atoms with Gasteiger partial charge in [0.25, 0.3) is 11.8 Å². The fraction of sp³-hybridized carbons (Fsp3) is 0.222. The quantitative estimate of drug-likeness (QED) is 0.598. The molecule has 1 aliphatic heterocycles. The van der Waals surface area contributed by atoms with Crippen LogP contribution in [0.25, 0.3) is 0 Å².